The second-order valence-electron chi connectivity index (χ2n) is 13.3. The number of pyridine rings is 1. The molecule has 2 aromatic rings. The molecule has 5 heterocycles. The van der Waals surface area contributed by atoms with Gasteiger partial charge in [-0.1, -0.05) is 40.0 Å². The fraction of sp³-hybridized carbons (Fsp3) is 0.667. The molecule has 3 aliphatic heterocycles. The molecular weight excluding hydrogens is 488 g/mol. The van der Waals surface area contributed by atoms with Gasteiger partial charge >= 0.3 is 0 Å². The molecule has 6 rings (SSSR count). The number of hydrogen-bond donors (Lipinski definition) is 2. The van der Waals surface area contributed by atoms with Crippen LogP contribution in [0.25, 0.3) is 0 Å². The van der Waals surface area contributed by atoms with Gasteiger partial charge in [0.25, 0.3) is 0 Å². The van der Waals surface area contributed by atoms with E-state index in [0.717, 1.165) is 61.9 Å². The van der Waals surface area contributed by atoms with Gasteiger partial charge in [-0.25, -0.2) is 9.97 Å². The number of amides is 1. The lowest BCUT2D eigenvalue weighted by Crippen LogP contribution is -2.67. The molecule has 2 N–H and O–H groups in total. The summed E-state index contributed by atoms with van der Waals surface area (Å²) >= 11 is 0. The number of hydrogen-bond acceptors (Lipinski definition) is 8. The fourth-order valence-electron chi connectivity index (χ4n) is 6.91. The van der Waals surface area contributed by atoms with Gasteiger partial charge < -0.3 is 20.4 Å². The van der Waals surface area contributed by atoms with Crippen LogP contribution >= 0.6 is 0 Å². The zero-order valence-corrected chi connectivity index (χ0v) is 24.0. The first kappa shape index (κ1) is 26.3. The Balaban J connectivity index is 1.13. The van der Waals surface area contributed by atoms with Crippen molar-refractivity contribution >= 4 is 29.2 Å². The Hall–Kier alpha value is -2.94. The number of nitrogens with one attached hydrogen (secondary N) is 2. The molecule has 4 aliphatic rings. The molecule has 1 spiro atoms. The normalized spacial score (nSPS) is 24.9. The maximum Gasteiger partial charge on any atom is 0.243 e. The van der Waals surface area contributed by atoms with Crippen molar-refractivity contribution in [2.24, 2.45) is 5.41 Å². The third-order valence-electron chi connectivity index (χ3n) is 9.25. The van der Waals surface area contributed by atoms with E-state index < -0.39 is 0 Å². The summed E-state index contributed by atoms with van der Waals surface area (Å²) in [6.45, 7) is 14.3. The molecule has 0 bridgehead atoms. The first-order valence-electron chi connectivity index (χ1n) is 14.9. The zero-order valence-electron chi connectivity index (χ0n) is 24.0. The van der Waals surface area contributed by atoms with E-state index in [2.05, 4.69) is 64.1 Å². The van der Waals surface area contributed by atoms with Crippen LogP contribution in [-0.4, -0.2) is 76.1 Å². The van der Waals surface area contributed by atoms with Crippen LogP contribution in [0, 0.1) is 5.41 Å². The Kier molecular flexibility index (Phi) is 6.90. The Morgan fingerprint density at radius 2 is 1.92 bits per heavy atom. The lowest BCUT2D eigenvalue weighted by atomic mass is 9.78. The van der Waals surface area contributed by atoms with Crippen LogP contribution in [0.5, 0.6) is 0 Å². The average Bonchev–Trinajstić information content (AvgIpc) is 3.31. The third kappa shape index (κ3) is 5.30. The molecule has 1 unspecified atom stereocenters. The maximum absolute atomic E-state index is 12.8. The SMILES string of the molecule is C[C@H]1CN(c2ccc(Nc3ncc4c(n3)N3C(C4)C(=O)NCC34CCCCC4)nc2)CCN1CCC(C)(C)C. The Morgan fingerprint density at radius 3 is 2.64 bits per heavy atom. The molecule has 0 aromatic carbocycles. The van der Waals surface area contributed by atoms with E-state index in [1.807, 2.05) is 18.5 Å². The number of carbonyl (C=O) groups excluding carboxylic acids is 1. The van der Waals surface area contributed by atoms with Crippen LogP contribution in [0.1, 0.15) is 71.8 Å². The van der Waals surface area contributed by atoms with E-state index >= 15 is 0 Å². The number of aromatic nitrogens is 3. The van der Waals surface area contributed by atoms with Crippen molar-refractivity contribution in [3.05, 3.63) is 30.1 Å². The highest BCUT2D eigenvalue weighted by Gasteiger charge is 2.51. The molecule has 1 saturated carbocycles. The summed E-state index contributed by atoms with van der Waals surface area (Å²) in [6.07, 6.45) is 11.6. The van der Waals surface area contributed by atoms with E-state index in [-0.39, 0.29) is 17.5 Å². The lowest BCUT2D eigenvalue weighted by Gasteiger charge is -2.51. The minimum Gasteiger partial charge on any atom is -0.367 e. The lowest BCUT2D eigenvalue weighted by molar-refractivity contribution is -0.124. The molecule has 1 aliphatic carbocycles. The molecule has 39 heavy (non-hydrogen) atoms. The van der Waals surface area contributed by atoms with Crippen molar-refractivity contribution in [2.75, 3.05) is 47.8 Å². The molecule has 3 fully saturated rings. The molecule has 1 amide bonds. The Labute approximate surface area is 232 Å². The number of fused-ring (bicyclic) bond motifs is 4. The summed E-state index contributed by atoms with van der Waals surface area (Å²) in [5, 5.41) is 6.51. The van der Waals surface area contributed by atoms with Crippen LogP contribution in [0.3, 0.4) is 0 Å². The molecule has 2 saturated heterocycles. The van der Waals surface area contributed by atoms with Crippen molar-refractivity contribution in [1.29, 1.82) is 0 Å². The van der Waals surface area contributed by atoms with Crippen LogP contribution in [0.2, 0.25) is 0 Å². The molecule has 9 heteroatoms. The summed E-state index contributed by atoms with van der Waals surface area (Å²) in [7, 11) is 0. The highest BCUT2D eigenvalue weighted by molar-refractivity contribution is 5.90. The molecule has 9 nitrogen and oxygen atoms in total. The third-order valence-corrected chi connectivity index (χ3v) is 9.25. The Bertz CT molecular complexity index is 1190. The highest BCUT2D eigenvalue weighted by atomic mass is 16.2. The van der Waals surface area contributed by atoms with Crippen LogP contribution in [-0.2, 0) is 11.2 Å². The van der Waals surface area contributed by atoms with E-state index in [0.29, 0.717) is 30.4 Å². The van der Waals surface area contributed by atoms with E-state index in [1.165, 1.54) is 25.7 Å². The first-order chi connectivity index (χ1) is 18.7. The minimum atomic E-state index is -0.176. The van der Waals surface area contributed by atoms with Crippen LogP contribution in [0.4, 0.5) is 23.3 Å². The summed E-state index contributed by atoms with van der Waals surface area (Å²) in [5.41, 5.74) is 2.56. The largest absolute Gasteiger partial charge is 0.367 e. The van der Waals surface area contributed by atoms with Gasteiger partial charge in [0.1, 0.15) is 17.7 Å². The fourth-order valence-corrected chi connectivity index (χ4v) is 6.91. The van der Waals surface area contributed by atoms with Crippen molar-refractivity contribution in [3.63, 3.8) is 0 Å². The van der Waals surface area contributed by atoms with Gasteiger partial charge in [0.2, 0.25) is 11.9 Å². The van der Waals surface area contributed by atoms with Crippen LogP contribution in [0.15, 0.2) is 24.5 Å². The number of nitrogens with zero attached hydrogens (tertiary/aromatic N) is 6. The standard InChI is InChI=1S/C30H44N8O/c1-21-19-37(15-14-36(21)13-12-29(2,3)4)23-8-9-25(31-18-23)34-28-32-17-22-16-24-27(39)33-20-30(10-6-5-7-11-30)38(24)26(22)35-28/h8-9,17-18,21,24H,5-7,10-16,19-20H2,1-4H3,(H,33,39)(H,31,32,34,35)/t21-,24?/m0/s1. The van der Waals surface area contributed by atoms with Gasteiger partial charge in [-0.3, -0.25) is 9.69 Å². The first-order valence-corrected chi connectivity index (χ1v) is 14.9. The van der Waals surface area contributed by atoms with E-state index in [1.54, 1.807) is 0 Å². The van der Waals surface area contributed by atoms with E-state index in [4.69, 9.17) is 9.97 Å². The molecule has 2 aromatic heterocycles. The highest BCUT2D eigenvalue weighted by Crippen LogP contribution is 2.44. The van der Waals surface area contributed by atoms with Crippen LogP contribution < -0.4 is 20.4 Å². The summed E-state index contributed by atoms with van der Waals surface area (Å²) < 4.78 is 0. The number of carbonyl (C=O) groups is 1. The predicted molar refractivity (Wildman–Crippen MR) is 156 cm³/mol. The molecule has 0 radical (unpaired) electrons. The maximum atomic E-state index is 12.8. The van der Waals surface area contributed by atoms with Gasteiger partial charge in [0.05, 0.1) is 17.4 Å². The van der Waals surface area contributed by atoms with Crippen molar-refractivity contribution in [1.82, 2.24) is 25.2 Å². The second kappa shape index (κ2) is 10.2. The van der Waals surface area contributed by atoms with Gasteiger partial charge in [-0.15, -0.1) is 0 Å². The number of rotatable bonds is 5. The van der Waals surface area contributed by atoms with Gasteiger partial charge in [0.15, 0.2) is 0 Å². The monoisotopic (exact) mass is 532 g/mol. The predicted octanol–water partition coefficient (Wildman–Crippen LogP) is 4.13. The summed E-state index contributed by atoms with van der Waals surface area (Å²) in [4.78, 5) is 34.4. The molecule has 2 atom stereocenters. The molecule has 210 valence electrons. The Morgan fingerprint density at radius 1 is 1.10 bits per heavy atom. The zero-order chi connectivity index (χ0) is 27.2. The van der Waals surface area contributed by atoms with E-state index in [9.17, 15) is 4.79 Å². The minimum absolute atomic E-state index is 0.0263. The van der Waals surface area contributed by atoms with Gasteiger partial charge in [-0.2, -0.15) is 4.98 Å². The second-order valence-corrected chi connectivity index (χ2v) is 13.3. The van der Waals surface area contributed by atoms with Crippen molar-refractivity contribution in [3.8, 4) is 0 Å². The van der Waals surface area contributed by atoms with Gasteiger partial charge in [-0.05, 0) is 50.3 Å². The quantitative estimate of drug-likeness (QED) is 0.594. The number of anilines is 4. The van der Waals surface area contributed by atoms with Crippen molar-refractivity contribution < 1.29 is 4.79 Å². The summed E-state index contributed by atoms with van der Waals surface area (Å²) in [6, 6.07) is 4.50. The smallest absolute Gasteiger partial charge is 0.243 e. The number of piperazine rings is 2. The average molecular weight is 533 g/mol. The topological polar surface area (TPSA) is 89.5 Å². The van der Waals surface area contributed by atoms with Crippen molar-refractivity contribution in [2.45, 2.75) is 90.3 Å². The summed E-state index contributed by atoms with van der Waals surface area (Å²) in [5.74, 6) is 2.30. The molecular formula is C30H44N8O. The van der Waals surface area contributed by atoms with Gasteiger partial charge in [0, 0.05) is 50.4 Å².